The zero-order valence-corrected chi connectivity index (χ0v) is 17.8. The van der Waals surface area contributed by atoms with Crippen LogP contribution in [0.25, 0.3) is 5.69 Å². The summed E-state index contributed by atoms with van der Waals surface area (Å²) in [7, 11) is -4.17. The summed E-state index contributed by atoms with van der Waals surface area (Å²) < 4.78 is 55.4. The van der Waals surface area contributed by atoms with Gasteiger partial charge in [-0.2, -0.15) is 9.40 Å². The Balaban J connectivity index is 1.31. The average molecular weight is 461 g/mol. The average Bonchev–Trinajstić information content (AvgIpc) is 3.34. The van der Waals surface area contributed by atoms with Gasteiger partial charge >= 0.3 is 0 Å². The molecule has 168 valence electrons. The molecule has 0 radical (unpaired) electrons. The summed E-state index contributed by atoms with van der Waals surface area (Å²) in [6.45, 7) is 0.454. The zero-order chi connectivity index (χ0) is 22.7. The first kappa shape index (κ1) is 22.0. The van der Waals surface area contributed by atoms with Crippen LogP contribution in [0.15, 0.2) is 60.0 Å². The lowest BCUT2D eigenvalue weighted by Crippen LogP contribution is -2.43. The van der Waals surface area contributed by atoms with Crippen LogP contribution in [0.3, 0.4) is 0 Å². The number of benzene rings is 2. The fourth-order valence-corrected chi connectivity index (χ4v) is 5.16. The van der Waals surface area contributed by atoms with Crippen molar-refractivity contribution in [2.75, 3.05) is 13.1 Å². The van der Waals surface area contributed by atoms with Crippen LogP contribution in [0.4, 0.5) is 8.78 Å². The highest BCUT2D eigenvalue weighted by atomic mass is 32.2. The van der Waals surface area contributed by atoms with Crippen LogP contribution < -0.4 is 5.32 Å². The number of nitrogens with zero attached hydrogens (tertiary/aromatic N) is 4. The molecule has 0 aliphatic carbocycles. The number of hydrogen-bond donors (Lipinski definition) is 1. The number of aromatic nitrogens is 3. The first-order valence-corrected chi connectivity index (χ1v) is 11.5. The predicted octanol–water partition coefficient (Wildman–Crippen LogP) is 2.26. The van der Waals surface area contributed by atoms with Crippen LogP contribution in [0.1, 0.15) is 18.4 Å². The van der Waals surface area contributed by atoms with Crippen molar-refractivity contribution in [1.82, 2.24) is 24.4 Å². The SMILES string of the molecule is O=C(NCc1ccc(-n2cncn2)cc1)C1CCN(S(=O)(=O)c2cc(F)ccc2F)CC1. The molecule has 8 nitrogen and oxygen atoms in total. The molecule has 0 unspecified atom stereocenters. The molecule has 1 aromatic heterocycles. The van der Waals surface area contributed by atoms with E-state index in [0.29, 0.717) is 25.5 Å². The van der Waals surface area contributed by atoms with E-state index in [0.717, 1.165) is 27.7 Å². The number of hydrogen-bond acceptors (Lipinski definition) is 5. The van der Waals surface area contributed by atoms with Gasteiger partial charge in [-0.1, -0.05) is 12.1 Å². The molecule has 2 aromatic carbocycles. The largest absolute Gasteiger partial charge is 0.352 e. The molecule has 0 saturated carbocycles. The quantitative estimate of drug-likeness (QED) is 0.608. The summed E-state index contributed by atoms with van der Waals surface area (Å²) in [4.78, 5) is 15.8. The van der Waals surface area contributed by atoms with Crippen molar-refractivity contribution in [3.63, 3.8) is 0 Å². The van der Waals surface area contributed by atoms with Crippen molar-refractivity contribution < 1.29 is 22.0 Å². The van der Waals surface area contributed by atoms with E-state index >= 15 is 0 Å². The second-order valence-corrected chi connectivity index (χ2v) is 9.38. The first-order valence-electron chi connectivity index (χ1n) is 10.0. The molecule has 0 spiro atoms. The third kappa shape index (κ3) is 4.68. The number of piperidine rings is 1. The van der Waals surface area contributed by atoms with Gasteiger partial charge in [0.2, 0.25) is 15.9 Å². The number of halogens is 2. The third-order valence-electron chi connectivity index (χ3n) is 5.42. The zero-order valence-electron chi connectivity index (χ0n) is 17.0. The van der Waals surface area contributed by atoms with Crippen molar-refractivity contribution in [3.8, 4) is 5.69 Å². The van der Waals surface area contributed by atoms with Gasteiger partial charge in [-0.15, -0.1) is 0 Å². The Morgan fingerprint density at radius 3 is 2.47 bits per heavy atom. The van der Waals surface area contributed by atoms with Gasteiger partial charge in [0.25, 0.3) is 0 Å². The minimum atomic E-state index is -4.17. The summed E-state index contributed by atoms with van der Waals surface area (Å²) in [5.74, 6) is -2.35. The number of rotatable bonds is 6. The highest BCUT2D eigenvalue weighted by Crippen LogP contribution is 2.26. The molecule has 2 heterocycles. The number of carbonyl (C=O) groups is 1. The van der Waals surface area contributed by atoms with E-state index in [9.17, 15) is 22.0 Å². The van der Waals surface area contributed by atoms with E-state index in [-0.39, 0.29) is 24.9 Å². The minimum Gasteiger partial charge on any atom is -0.352 e. The molecule has 32 heavy (non-hydrogen) atoms. The lowest BCUT2D eigenvalue weighted by Gasteiger charge is -2.30. The second kappa shape index (κ2) is 9.13. The molecule has 0 atom stereocenters. The Hall–Kier alpha value is -3.18. The number of amides is 1. The van der Waals surface area contributed by atoms with Crippen molar-refractivity contribution in [3.05, 3.63) is 72.3 Å². The molecule has 1 N–H and O–H groups in total. The van der Waals surface area contributed by atoms with Crippen LogP contribution in [0, 0.1) is 17.6 Å². The Morgan fingerprint density at radius 2 is 1.81 bits per heavy atom. The van der Waals surface area contributed by atoms with Gasteiger partial charge in [0.1, 0.15) is 29.2 Å². The fraction of sp³-hybridized carbons (Fsp3) is 0.286. The van der Waals surface area contributed by atoms with E-state index < -0.39 is 26.6 Å². The number of nitrogens with one attached hydrogen (secondary N) is 1. The molecule has 4 rings (SSSR count). The topological polar surface area (TPSA) is 97.2 Å². The smallest absolute Gasteiger partial charge is 0.246 e. The molecule has 3 aromatic rings. The van der Waals surface area contributed by atoms with E-state index in [1.54, 1.807) is 11.0 Å². The van der Waals surface area contributed by atoms with E-state index in [4.69, 9.17) is 0 Å². The lowest BCUT2D eigenvalue weighted by molar-refractivity contribution is -0.126. The number of carbonyl (C=O) groups excluding carboxylic acids is 1. The molecular formula is C21H21F2N5O3S. The van der Waals surface area contributed by atoms with E-state index in [1.807, 2.05) is 24.3 Å². The summed E-state index contributed by atoms with van der Waals surface area (Å²) in [6, 6.07) is 9.82. The molecule has 0 bridgehead atoms. The Bertz CT molecular complexity index is 1190. The van der Waals surface area contributed by atoms with Gasteiger partial charge in [0, 0.05) is 25.6 Å². The van der Waals surface area contributed by atoms with Gasteiger partial charge in [-0.05, 0) is 48.7 Å². The van der Waals surface area contributed by atoms with E-state index in [1.165, 1.54) is 6.33 Å². The van der Waals surface area contributed by atoms with Gasteiger partial charge in [0.15, 0.2) is 0 Å². The van der Waals surface area contributed by atoms with Gasteiger partial charge in [-0.3, -0.25) is 4.79 Å². The molecule has 1 saturated heterocycles. The van der Waals surface area contributed by atoms with Gasteiger partial charge < -0.3 is 5.32 Å². The molecule has 11 heteroatoms. The Labute approximate surface area is 183 Å². The maximum atomic E-state index is 13.9. The Kier molecular flexibility index (Phi) is 6.28. The van der Waals surface area contributed by atoms with Crippen LogP contribution in [-0.2, 0) is 21.4 Å². The van der Waals surface area contributed by atoms with Crippen LogP contribution in [0.2, 0.25) is 0 Å². The monoisotopic (exact) mass is 461 g/mol. The second-order valence-electron chi connectivity index (χ2n) is 7.48. The highest BCUT2D eigenvalue weighted by molar-refractivity contribution is 7.89. The van der Waals surface area contributed by atoms with Gasteiger partial charge in [0.05, 0.1) is 5.69 Å². The molecule has 1 aliphatic rings. The number of sulfonamides is 1. The summed E-state index contributed by atoms with van der Waals surface area (Å²) >= 11 is 0. The standard InChI is InChI=1S/C21H21F2N5O3S/c22-17-3-6-19(23)20(11-17)32(30,31)27-9-7-16(8-10-27)21(29)25-12-15-1-4-18(5-2-15)28-14-24-13-26-28/h1-6,11,13-14,16H,7-10,12H2,(H,25,29). The molecule has 1 fully saturated rings. The minimum absolute atomic E-state index is 0.0585. The van der Waals surface area contributed by atoms with Crippen LogP contribution in [0.5, 0.6) is 0 Å². The predicted molar refractivity (Wildman–Crippen MR) is 111 cm³/mol. The maximum absolute atomic E-state index is 13.9. The van der Waals surface area contributed by atoms with Crippen LogP contribution in [-0.4, -0.2) is 46.5 Å². The van der Waals surface area contributed by atoms with E-state index in [2.05, 4.69) is 15.4 Å². The normalized spacial score (nSPS) is 15.6. The molecule has 1 aliphatic heterocycles. The van der Waals surface area contributed by atoms with Crippen molar-refractivity contribution in [1.29, 1.82) is 0 Å². The summed E-state index contributed by atoms with van der Waals surface area (Å²) in [6.07, 6.45) is 3.63. The maximum Gasteiger partial charge on any atom is 0.246 e. The first-order chi connectivity index (χ1) is 15.3. The Morgan fingerprint density at radius 1 is 1.09 bits per heavy atom. The summed E-state index contributed by atoms with van der Waals surface area (Å²) in [5.41, 5.74) is 1.75. The van der Waals surface area contributed by atoms with Gasteiger partial charge in [-0.25, -0.2) is 26.9 Å². The van der Waals surface area contributed by atoms with Crippen LogP contribution >= 0.6 is 0 Å². The van der Waals surface area contributed by atoms with Crippen molar-refractivity contribution in [2.45, 2.75) is 24.3 Å². The van der Waals surface area contributed by atoms with Crippen molar-refractivity contribution >= 4 is 15.9 Å². The highest BCUT2D eigenvalue weighted by Gasteiger charge is 2.33. The molecule has 1 amide bonds. The third-order valence-corrected chi connectivity index (χ3v) is 7.34. The fourth-order valence-electron chi connectivity index (χ4n) is 3.61. The molecular weight excluding hydrogens is 440 g/mol. The summed E-state index contributed by atoms with van der Waals surface area (Å²) in [5, 5.41) is 6.93. The lowest BCUT2D eigenvalue weighted by atomic mass is 9.97. The van der Waals surface area contributed by atoms with Crippen molar-refractivity contribution in [2.24, 2.45) is 5.92 Å².